The average Bonchev–Trinajstić information content (AvgIpc) is 2.63. The fourth-order valence-corrected chi connectivity index (χ4v) is 5.24. The van der Waals surface area contributed by atoms with E-state index < -0.39 is 11.7 Å². The number of nitrogens with zero attached hydrogens (tertiary/aromatic N) is 1. The molecule has 1 aromatic carbocycles. The van der Waals surface area contributed by atoms with E-state index >= 15 is 0 Å². The Balaban J connectivity index is 1.52. The van der Waals surface area contributed by atoms with Gasteiger partial charge in [-0.05, 0) is 82.4 Å². The van der Waals surface area contributed by atoms with Crippen LogP contribution in [-0.4, -0.2) is 36.2 Å². The van der Waals surface area contributed by atoms with Crippen molar-refractivity contribution in [3.63, 3.8) is 0 Å². The van der Waals surface area contributed by atoms with Crippen molar-refractivity contribution in [2.24, 2.45) is 17.6 Å². The number of carbonyl (C=O) groups excluding carboxylic acids is 1. The zero-order valence-corrected chi connectivity index (χ0v) is 17.0. The molecule has 1 saturated heterocycles. The summed E-state index contributed by atoms with van der Waals surface area (Å²) in [6.45, 7) is 7.58. The highest BCUT2D eigenvalue weighted by molar-refractivity contribution is 5.65. The minimum atomic E-state index is -0.657. The summed E-state index contributed by atoms with van der Waals surface area (Å²) in [6, 6.07) is 11.0. The smallest absolute Gasteiger partial charge is 0.405 e. The molecule has 1 amide bonds. The van der Waals surface area contributed by atoms with E-state index in [0.717, 1.165) is 6.42 Å². The lowest BCUT2D eigenvalue weighted by atomic mass is 9.74. The summed E-state index contributed by atoms with van der Waals surface area (Å²) >= 11 is 0. The minimum Gasteiger partial charge on any atom is -0.444 e. The van der Waals surface area contributed by atoms with Crippen molar-refractivity contribution >= 4 is 6.09 Å². The largest absolute Gasteiger partial charge is 0.444 e. The van der Waals surface area contributed by atoms with E-state index in [1.165, 1.54) is 63.7 Å². The third-order valence-electron chi connectivity index (χ3n) is 6.55. The highest BCUT2D eigenvalue weighted by Crippen LogP contribution is 2.38. The molecule has 1 aromatic rings. The van der Waals surface area contributed by atoms with Crippen molar-refractivity contribution in [1.82, 2.24) is 4.90 Å². The van der Waals surface area contributed by atoms with Gasteiger partial charge in [0.15, 0.2) is 0 Å². The molecule has 0 bridgehead atoms. The minimum absolute atomic E-state index is 0.466. The number of hydrogen-bond donors (Lipinski definition) is 1. The van der Waals surface area contributed by atoms with E-state index in [2.05, 4.69) is 35.2 Å². The number of piperidine rings is 1. The molecular formula is C23H36N2O2. The van der Waals surface area contributed by atoms with Gasteiger partial charge in [0.25, 0.3) is 0 Å². The van der Waals surface area contributed by atoms with Gasteiger partial charge in [-0.2, -0.15) is 0 Å². The molecule has 0 spiro atoms. The summed E-state index contributed by atoms with van der Waals surface area (Å²) in [7, 11) is 0. The maximum Gasteiger partial charge on any atom is 0.405 e. The van der Waals surface area contributed by atoms with Crippen molar-refractivity contribution in [1.29, 1.82) is 0 Å². The second-order valence-corrected chi connectivity index (χ2v) is 9.18. The number of hydrogen-bond acceptors (Lipinski definition) is 3. The molecule has 2 unspecified atom stereocenters. The Morgan fingerprint density at radius 3 is 2.33 bits per heavy atom. The number of ether oxygens (including phenoxy) is 1. The van der Waals surface area contributed by atoms with Gasteiger partial charge in [0, 0.05) is 6.54 Å². The Kier molecular flexibility index (Phi) is 6.80. The van der Waals surface area contributed by atoms with Crippen molar-refractivity contribution in [3.05, 3.63) is 35.9 Å². The monoisotopic (exact) mass is 372 g/mol. The summed E-state index contributed by atoms with van der Waals surface area (Å²) < 4.78 is 5.37. The van der Waals surface area contributed by atoms with E-state index in [4.69, 9.17) is 10.5 Å². The number of benzene rings is 1. The van der Waals surface area contributed by atoms with Crippen LogP contribution in [0, 0.1) is 11.8 Å². The molecule has 1 aliphatic heterocycles. The fourth-order valence-electron chi connectivity index (χ4n) is 5.24. The third kappa shape index (κ3) is 5.97. The Labute approximate surface area is 164 Å². The Bertz CT molecular complexity index is 594. The van der Waals surface area contributed by atoms with Gasteiger partial charge in [0.1, 0.15) is 5.60 Å². The molecule has 0 aromatic heterocycles. The Hall–Kier alpha value is -1.55. The normalized spacial score (nSPS) is 25.3. The van der Waals surface area contributed by atoms with Crippen LogP contribution in [-0.2, 0) is 4.74 Å². The molecule has 27 heavy (non-hydrogen) atoms. The van der Waals surface area contributed by atoms with E-state index in [9.17, 15) is 4.79 Å². The van der Waals surface area contributed by atoms with Gasteiger partial charge in [-0.15, -0.1) is 0 Å². The van der Waals surface area contributed by atoms with Crippen LogP contribution in [0.2, 0.25) is 0 Å². The number of amides is 1. The second-order valence-electron chi connectivity index (χ2n) is 9.18. The number of likely N-dealkylation sites (tertiary alicyclic amines) is 1. The number of rotatable bonds is 6. The Morgan fingerprint density at radius 2 is 1.70 bits per heavy atom. The quantitative estimate of drug-likeness (QED) is 0.770. The summed E-state index contributed by atoms with van der Waals surface area (Å²) in [6.07, 6.45) is 7.96. The van der Waals surface area contributed by atoms with Crippen LogP contribution in [0.3, 0.4) is 0 Å². The maximum absolute atomic E-state index is 11.2. The van der Waals surface area contributed by atoms with Gasteiger partial charge in [0.2, 0.25) is 0 Å². The van der Waals surface area contributed by atoms with Crippen LogP contribution < -0.4 is 5.73 Å². The number of carbonyl (C=O) groups is 1. The predicted octanol–water partition coefficient (Wildman–Crippen LogP) is 4.94. The first-order valence-corrected chi connectivity index (χ1v) is 10.7. The van der Waals surface area contributed by atoms with Crippen LogP contribution in [0.5, 0.6) is 0 Å². The molecule has 2 fully saturated rings. The van der Waals surface area contributed by atoms with Gasteiger partial charge in [0.05, 0.1) is 0 Å². The highest BCUT2D eigenvalue weighted by Gasteiger charge is 2.34. The average molecular weight is 373 g/mol. The van der Waals surface area contributed by atoms with Crippen LogP contribution in [0.15, 0.2) is 30.3 Å². The highest BCUT2D eigenvalue weighted by atomic mass is 16.6. The molecule has 0 radical (unpaired) electrons. The standard InChI is InChI=1S/C23H36N2O2/c1-23(2,27-22(24)26)16-20-10-6-7-11-21(20)17-25-14-12-19(13-15-25)18-8-4-3-5-9-18/h3-5,8-9,19-21H,6-7,10-17H2,1-2H3,(H2,24,26). The molecule has 1 aliphatic carbocycles. The first-order valence-electron chi connectivity index (χ1n) is 10.7. The molecule has 2 N–H and O–H groups in total. The number of primary amides is 1. The summed E-state index contributed by atoms with van der Waals surface area (Å²) in [5, 5.41) is 0. The van der Waals surface area contributed by atoms with E-state index in [1.807, 2.05) is 13.8 Å². The van der Waals surface area contributed by atoms with Crippen LogP contribution in [0.25, 0.3) is 0 Å². The Morgan fingerprint density at radius 1 is 1.07 bits per heavy atom. The predicted molar refractivity (Wildman–Crippen MR) is 110 cm³/mol. The van der Waals surface area contributed by atoms with Crippen molar-refractivity contribution in [2.75, 3.05) is 19.6 Å². The van der Waals surface area contributed by atoms with Gasteiger partial charge in [-0.1, -0.05) is 43.2 Å². The fraction of sp³-hybridized carbons (Fsp3) is 0.696. The SMILES string of the molecule is CC(C)(CC1CCCCC1CN1CCC(c2ccccc2)CC1)OC(N)=O. The van der Waals surface area contributed by atoms with E-state index in [0.29, 0.717) is 17.8 Å². The molecule has 150 valence electrons. The summed E-state index contributed by atoms with van der Waals surface area (Å²) in [5.41, 5.74) is 6.29. The van der Waals surface area contributed by atoms with E-state index in [1.54, 1.807) is 0 Å². The lowest BCUT2D eigenvalue weighted by Gasteiger charge is -2.40. The van der Waals surface area contributed by atoms with Gasteiger partial charge in [-0.25, -0.2) is 4.79 Å². The van der Waals surface area contributed by atoms with E-state index in [-0.39, 0.29) is 0 Å². The summed E-state index contributed by atoms with van der Waals surface area (Å²) in [5.74, 6) is 2.05. The zero-order valence-electron chi connectivity index (χ0n) is 17.0. The molecule has 3 rings (SSSR count). The molecule has 4 heteroatoms. The van der Waals surface area contributed by atoms with Crippen molar-refractivity contribution in [2.45, 2.75) is 70.3 Å². The topological polar surface area (TPSA) is 55.6 Å². The van der Waals surface area contributed by atoms with Crippen molar-refractivity contribution in [3.8, 4) is 0 Å². The lowest BCUT2D eigenvalue weighted by molar-refractivity contribution is 0.00685. The number of nitrogens with two attached hydrogens (primary N) is 1. The van der Waals surface area contributed by atoms with Gasteiger partial charge < -0.3 is 15.4 Å². The molecule has 1 heterocycles. The zero-order chi connectivity index (χ0) is 19.3. The third-order valence-corrected chi connectivity index (χ3v) is 6.55. The molecule has 4 nitrogen and oxygen atoms in total. The molecular weight excluding hydrogens is 336 g/mol. The van der Waals surface area contributed by atoms with Crippen molar-refractivity contribution < 1.29 is 9.53 Å². The van der Waals surface area contributed by atoms with Crippen LogP contribution in [0.1, 0.15) is 70.3 Å². The molecule has 2 atom stereocenters. The lowest BCUT2D eigenvalue weighted by Crippen LogP contribution is -2.41. The van der Waals surface area contributed by atoms with Crippen LogP contribution in [0.4, 0.5) is 4.79 Å². The van der Waals surface area contributed by atoms with Crippen LogP contribution >= 0.6 is 0 Å². The van der Waals surface area contributed by atoms with Gasteiger partial charge in [-0.3, -0.25) is 0 Å². The first kappa shape index (κ1) is 20.2. The first-order chi connectivity index (χ1) is 12.9. The molecule has 1 saturated carbocycles. The second kappa shape index (κ2) is 9.09. The summed E-state index contributed by atoms with van der Waals surface area (Å²) in [4.78, 5) is 13.9. The maximum atomic E-state index is 11.2. The molecule has 2 aliphatic rings. The van der Waals surface area contributed by atoms with Gasteiger partial charge >= 0.3 is 6.09 Å².